The van der Waals surface area contributed by atoms with Gasteiger partial charge in [0.1, 0.15) is 5.75 Å². The highest BCUT2D eigenvalue weighted by Gasteiger charge is 2.13. The quantitative estimate of drug-likeness (QED) is 0.511. The molecule has 2 nitrogen and oxygen atoms in total. The molecule has 0 aliphatic rings. The summed E-state index contributed by atoms with van der Waals surface area (Å²) in [6.07, 6.45) is 1.69. The number of rotatable bonds is 3. The molecule has 0 saturated carbocycles. The van der Waals surface area contributed by atoms with Crippen LogP contribution in [0.5, 0.6) is 5.75 Å². The Morgan fingerprint density at radius 2 is 1.62 bits per heavy atom. The van der Waals surface area contributed by atoms with Crippen molar-refractivity contribution in [3.63, 3.8) is 0 Å². The van der Waals surface area contributed by atoms with Gasteiger partial charge in [-0.2, -0.15) is 0 Å². The number of fused-ring (bicyclic) bond motifs is 1. The lowest BCUT2D eigenvalue weighted by Crippen LogP contribution is -2.09. The average Bonchev–Trinajstić information content (AvgIpc) is 2.56. The van der Waals surface area contributed by atoms with Crippen LogP contribution in [0.3, 0.4) is 0 Å². The first-order valence-electron chi connectivity index (χ1n) is 6.71. The molecule has 2 heteroatoms. The maximum Gasteiger partial charge on any atom is 0.343 e. The summed E-state index contributed by atoms with van der Waals surface area (Å²) in [6.45, 7) is 3.79. The van der Waals surface area contributed by atoms with Gasteiger partial charge in [0.2, 0.25) is 0 Å². The highest BCUT2D eigenvalue weighted by Crippen LogP contribution is 2.31. The summed E-state index contributed by atoms with van der Waals surface area (Å²) in [7, 11) is 0. The van der Waals surface area contributed by atoms with Crippen molar-refractivity contribution in [1.29, 1.82) is 0 Å². The maximum absolute atomic E-state index is 12.3. The molecule has 102 valence electrons. The predicted molar refractivity (Wildman–Crippen MR) is 85.4 cm³/mol. The van der Waals surface area contributed by atoms with Gasteiger partial charge in [0.05, 0.1) is 5.56 Å². The summed E-state index contributed by atoms with van der Waals surface area (Å²) in [6, 6.07) is 20.7. The lowest BCUT2D eigenvalue weighted by Gasteiger charge is -2.11. The molecule has 0 unspecified atom stereocenters. The Hall–Kier alpha value is -2.87. The van der Waals surface area contributed by atoms with Crippen molar-refractivity contribution >= 4 is 22.8 Å². The molecule has 0 atom stereocenters. The van der Waals surface area contributed by atoms with Crippen LogP contribution in [0.4, 0.5) is 0 Å². The fraction of sp³-hybridized carbons (Fsp3) is 0. The third-order valence-corrected chi connectivity index (χ3v) is 3.33. The fourth-order valence-electron chi connectivity index (χ4n) is 2.26. The number of esters is 1. The maximum atomic E-state index is 12.3. The Kier molecular flexibility index (Phi) is 3.52. The zero-order valence-electron chi connectivity index (χ0n) is 11.5. The van der Waals surface area contributed by atoms with Crippen LogP contribution < -0.4 is 4.74 Å². The monoisotopic (exact) mass is 274 g/mol. The van der Waals surface area contributed by atoms with Gasteiger partial charge in [0.15, 0.2) is 0 Å². The van der Waals surface area contributed by atoms with Crippen molar-refractivity contribution in [1.82, 2.24) is 0 Å². The van der Waals surface area contributed by atoms with E-state index in [1.165, 1.54) is 0 Å². The van der Waals surface area contributed by atoms with E-state index < -0.39 is 0 Å². The largest absolute Gasteiger partial charge is 0.422 e. The van der Waals surface area contributed by atoms with Crippen LogP contribution in [0.15, 0.2) is 73.3 Å². The van der Waals surface area contributed by atoms with Crippen LogP contribution in [-0.4, -0.2) is 5.97 Å². The third kappa shape index (κ3) is 2.56. The van der Waals surface area contributed by atoms with E-state index in [4.69, 9.17) is 4.74 Å². The van der Waals surface area contributed by atoms with E-state index in [9.17, 15) is 4.79 Å². The molecule has 0 N–H and O–H groups in total. The summed E-state index contributed by atoms with van der Waals surface area (Å²) in [4.78, 5) is 12.3. The molecular weight excluding hydrogens is 260 g/mol. The second-order valence-corrected chi connectivity index (χ2v) is 4.66. The SMILES string of the molecule is C=Cc1ccc2ccccc2c1OC(=O)c1ccccc1. The van der Waals surface area contributed by atoms with Gasteiger partial charge in [-0.25, -0.2) is 4.79 Å². The van der Waals surface area contributed by atoms with Crippen molar-refractivity contribution in [3.8, 4) is 5.75 Å². The van der Waals surface area contributed by atoms with Crippen LogP contribution in [0.1, 0.15) is 15.9 Å². The standard InChI is InChI=1S/C19H14O2/c1-2-14-12-13-15-8-6-7-11-17(15)18(14)21-19(20)16-9-4-3-5-10-16/h2-13H,1H2. The molecule has 0 heterocycles. The fourth-order valence-corrected chi connectivity index (χ4v) is 2.26. The normalized spacial score (nSPS) is 10.3. The van der Waals surface area contributed by atoms with E-state index >= 15 is 0 Å². The lowest BCUT2D eigenvalue weighted by molar-refractivity contribution is 0.0736. The highest BCUT2D eigenvalue weighted by atomic mass is 16.5. The van der Waals surface area contributed by atoms with Crippen molar-refractivity contribution in [2.45, 2.75) is 0 Å². The third-order valence-electron chi connectivity index (χ3n) is 3.33. The number of hydrogen-bond acceptors (Lipinski definition) is 2. The molecule has 0 saturated heterocycles. The highest BCUT2D eigenvalue weighted by molar-refractivity contribution is 5.97. The molecular formula is C19H14O2. The topological polar surface area (TPSA) is 26.3 Å². The zero-order chi connectivity index (χ0) is 14.7. The predicted octanol–water partition coefficient (Wildman–Crippen LogP) is 4.70. The molecule has 0 aliphatic heterocycles. The number of ether oxygens (including phenoxy) is 1. The molecule has 21 heavy (non-hydrogen) atoms. The van der Waals surface area contributed by atoms with Crippen LogP contribution in [0.25, 0.3) is 16.8 Å². The van der Waals surface area contributed by atoms with Gasteiger partial charge < -0.3 is 4.74 Å². The van der Waals surface area contributed by atoms with Gasteiger partial charge in [-0.05, 0) is 17.5 Å². The first kappa shape index (κ1) is 13.1. The summed E-state index contributed by atoms with van der Waals surface area (Å²) < 4.78 is 5.63. The minimum Gasteiger partial charge on any atom is -0.422 e. The number of carbonyl (C=O) groups excluding carboxylic acids is 1. The van der Waals surface area contributed by atoms with E-state index in [1.54, 1.807) is 18.2 Å². The molecule has 0 spiro atoms. The molecule has 3 aromatic carbocycles. The van der Waals surface area contributed by atoms with E-state index in [0.29, 0.717) is 11.3 Å². The van der Waals surface area contributed by atoms with Gasteiger partial charge in [0, 0.05) is 10.9 Å². The van der Waals surface area contributed by atoms with Gasteiger partial charge in [0.25, 0.3) is 0 Å². The smallest absolute Gasteiger partial charge is 0.343 e. The second-order valence-electron chi connectivity index (χ2n) is 4.66. The Balaban J connectivity index is 2.07. The number of hydrogen-bond donors (Lipinski definition) is 0. The number of carbonyl (C=O) groups is 1. The van der Waals surface area contributed by atoms with Crippen LogP contribution in [-0.2, 0) is 0 Å². The van der Waals surface area contributed by atoms with Crippen molar-refractivity contribution in [3.05, 3.63) is 84.4 Å². The van der Waals surface area contributed by atoms with Gasteiger partial charge in [-0.15, -0.1) is 0 Å². The Morgan fingerprint density at radius 3 is 2.38 bits per heavy atom. The molecule has 0 aromatic heterocycles. The van der Waals surface area contributed by atoms with E-state index in [1.807, 2.05) is 54.6 Å². The van der Waals surface area contributed by atoms with Gasteiger partial charge >= 0.3 is 5.97 Å². The average molecular weight is 274 g/mol. The second kappa shape index (κ2) is 5.63. The molecule has 3 aromatic rings. The van der Waals surface area contributed by atoms with Crippen molar-refractivity contribution < 1.29 is 9.53 Å². The van der Waals surface area contributed by atoms with Crippen molar-refractivity contribution in [2.75, 3.05) is 0 Å². The Bertz CT molecular complexity index is 804. The van der Waals surface area contributed by atoms with Crippen LogP contribution >= 0.6 is 0 Å². The molecule has 3 rings (SSSR count). The molecule has 0 radical (unpaired) electrons. The Labute approximate surface area is 123 Å². The lowest BCUT2D eigenvalue weighted by atomic mass is 10.1. The summed E-state index contributed by atoms with van der Waals surface area (Å²) >= 11 is 0. The summed E-state index contributed by atoms with van der Waals surface area (Å²) in [5.41, 5.74) is 1.33. The molecule has 0 fully saturated rings. The zero-order valence-corrected chi connectivity index (χ0v) is 11.5. The first-order valence-corrected chi connectivity index (χ1v) is 6.71. The van der Waals surface area contributed by atoms with Gasteiger partial charge in [-0.1, -0.05) is 67.3 Å². The molecule has 0 aliphatic carbocycles. The van der Waals surface area contributed by atoms with Crippen LogP contribution in [0, 0.1) is 0 Å². The number of benzene rings is 3. The van der Waals surface area contributed by atoms with E-state index in [-0.39, 0.29) is 5.97 Å². The van der Waals surface area contributed by atoms with Crippen LogP contribution in [0.2, 0.25) is 0 Å². The molecule has 0 amide bonds. The first-order chi connectivity index (χ1) is 10.3. The van der Waals surface area contributed by atoms with Gasteiger partial charge in [-0.3, -0.25) is 0 Å². The van der Waals surface area contributed by atoms with Crippen molar-refractivity contribution in [2.24, 2.45) is 0 Å². The minimum absolute atomic E-state index is 0.366. The Morgan fingerprint density at radius 1 is 0.905 bits per heavy atom. The van der Waals surface area contributed by atoms with E-state index in [0.717, 1.165) is 16.3 Å². The minimum atomic E-state index is -0.366. The summed E-state index contributed by atoms with van der Waals surface area (Å²) in [5, 5.41) is 1.93. The summed E-state index contributed by atoms with van der Waals surface area (Å²) in [5.74, 6) is 0.187. The molecule has 0 bridgehead atoms. The van der Waals surface area contributed by atoms with E-state index in [2.05, 4.69) is 6.58 Å².